The molecule has 0 aromatic heterocycles. The second-order valence-corrected chi connectivity index (χ2v) is 5.45. The second kappa shape index (κ2) is 7.72. The Morgan fingerprint density at radius 1 is 1.19 bits per heavy atom. The summed E-state index contributed by atoms with van der Waals surface area (Å²) in [7, 11) is 1.69. The van der Waals surface area contributed by atoms with Crippen molar-refractivity contribution in [1.82, 2.24) is 0 Å². The molecule has 2 aromatic rings. The van der Waals surface area contributed by atoms with Crippen LogP contribution in [0.3, 0.4) is 0 Å². The van der Waals surface area contributed by atoms with Crippen LogP contribution < -0.4 is 5.32 Å². The topological polar surface area (TPSA) is 45.0 Å². The number of thioether (sulfide) groups is 1. The van der Waals surface area contributed by atoms with Crippen molar-refractivity contribution >= 4 is 17.4 Å². The van der Waals surface area contributed by atoms with E-state index in [-0.39, 0.29) is 0 Å². The number of nitrogens with one attached hydrogen (secondary N) is 1. The zero-order valence-electron chi connectivity index (χ0n) is 12.2. The first kappa shape index (κ1) is 15.4. The molecule has 0 aliphatic carbocycles. The molecule has 0 aliphatic heterocycles. The lowest BCUT2D eigenvalue weighted by molar-refractivity contribution is 0.185. The van der Waals surface area contributed by atoms with E-state index in [1.54, 1.807) is 18.9 Å². The van der Waals surface area contributed by atoms with E-state index in [1.807, 2.05) is 36.6 Å². The summed E-state index contributed by atoms with van der Waals surface area (Å²) < 4.78 is 5.15. The van der Waals surface area contributed by atoms with Crippen molar-refractivity contribution in [1.29, 1.82) is 5.26 Å². The molecule has 4 heteroatoms. The molecule has 0 radical (unpaired) electrons. The van der Waals surface area contributed by atoms with Gasteiger partial charge in [0.15, 0.2) is 0 Å². The van der Waals surface area contributed by atoms with Crippen LogP contribution in [-0.4, -0.2) is 13.4 Å². The molecule has 2 rings (SSSR count). The Morgan fingerprint density at radius 3 is 2.67 bits per heavy atom. The number of ether oxygens (including phenoxy) is 1. The van der Waals surface area contributed by atoms with Crippen molar-refractivity contribution in [2.24, 2.45) is 0 Å². The molecular weight excluding hydrogens is 280 g/mol. The summed E-state index contributed by atoms with van der Waals surface area (Å²) in [6.45, 7) is 1.29. The van der Waals surface area contributed by atoms with Crippen molar-refractivity contribution in [2.45, 2.75) is 18.0 Å². The molecular formula is C17H18N2OS. The first-order valence-corrected chi connectivity index (χ1v) is 7.88. The maximum Gasteiger partial charge on any atom is 0.102 e. The molecule has 0 saturated carbocycles. The lowest BCUT2D eigenvalue weighted by atomic mass is 10.1. The Labute approximate surface area is 129 Å². The third kappa shape index (κ3) is 4.01. The molecule has 0 bridgehead atoms. The van der Waals surface area contributed by atoms with Gasteiger partial charge >= 0.3 is 0 Å². The zero-order chi connectivity index (χ0) is 15.1. The maximum absolute atomic E-state index is 9.32. The molecule has 1 N–H and O–H groups in total. The molecule has 0 aliphatic rings. The molecule has 3 nitrogen and oxygen atoms in total. The van der Waals surface area contributed by atoms with Gasteiger partial charge in [0.1, 0.15) is 6.07 Å². The van der Waals surface area contributed by atoms with Crippen molar-refractivity contribution in [3.05, 3.63) is 59.2 Å². The lowest BCUT2D eigenvalue weighted by Gasteiger charge is -2.11. The predicted octanol–water partition coefficient (Wildman–Crippen LogP) is 4.04. The number of methoxy groups -OCH3 is 1. The van der Waals surface area contributed by atoms with Gasteiger partial charge in [0, 0.05) is 18.6 Å². The number of nitriles is 1. The SMILES string of the molecule is COCc1cccc(CNc2cccc(SC)c2C#N)c1. The minimum Gasteiger partial charge on any atom is -0.380 e. The van der Waals surface area contributed by atoms with Gasteiger partial charge in [0.25, 0.3) is 0 Å². The van der Waals surface area contributed by atoms with Gasteiger partial charge in [0.2, 0.25) is 0 Å². The third-order valence-electron chi connectivity index (χ3n) is 3.14. The average Bonchev–Trinajstić information content (AvgIpc) is 2.53. The molecule has 0 spiro atoms. The van der Waals surface area contributed by atoms with Crippen LogP contribution in [0.1, 0.15) is 16.7 Å². The van der Waals surface area contributed by atoms with E-state index in [1.165, 1.54) is 5.56 Å². The fourth-order valence-corrected chi connectivity index (χ4v) is 2.73. The van der Waals surface area contributed by atoms with E-state index in [9.17, 15) is 5.26 Å². The van der Waals surface area contributed by atoms with Crippen LogP contribution >= 0.6 is 11.8 Å². The minimum atomic E-state index is 0.610. The number of benzene rings is 2. The normalized spacial score (nSPS) is 10.1. The molecule has 0 amide bonds. The summed E-state index contributed by atoms with van der Waals surface area (Å²) in [6, 6.07) is 16.4. The van der Waals surface area contributed by atoms with Crippen molar-refractivity contribution in [3.63, 3.8) is 0 Å². The van der Waals surface area contributed by atoms with E-state index in [0.717, 1.165) is 16.1 Å². The monoisotopic (exact) mass is 298 g/mol. The van der Waals surface area contributed by atoms with Gasteiger partial charge < -0.3 is 10.1 Å². The molecule has 108 valence electrons. The minimum absolute atomic E-state index is 0.610. The maximum atomic E-state index is 9.32. The largest absolute Gasteiger partial charge is 0.380 e. The number of nitrogens with zero attached hydrogens (tertiary/aromatic N) is 1. The summed E-state index contributed by atoms with van der Waals surface area (Å²) in [4.78, 5) is 0.996. The van der Waals surface area contributed by atoms with Crippen LogP contribution in [0.2, 0.25) is 0 Å². The highest BCUT2D eigenvalue weighted by molar-refractivity contribution is 7.98. The third-order valence-corrected chi connectivity index (χ3v) is 3.92. The van der Waals surface area contributed by atoms with E-state index < -0.39 is 0 Å². The number of hydrogen-bond acceptors (Lipinski definition) is 4. The number of hydrogen-bond donors (Lipinski definition) is 1. The first-order chi connectivity index (χ1) is 10.3. The Balaban J connectivity index is 2.13. The van der Waals surface area contributed by atoms with Gasteiger partial charge in [0.05, 0.1) is 17.9 Å². The standard InChI is InChI=1S/C17H18N2OS/c1-20-12-14-6-3-5-13(9-14)11-19-16-7-4-8-17(21-2)15(16)10-18/h3-9,19H,11-12H2,1-2H3. The average molecular weight is 298 g/mol. The second-order valence-electron chi connectivity index (χ2n) is 4.60. The van der Waals surface area contributed by atoms with E-state index in [0.29, 0.717) is 18.7 Å². The number of anilines is 1. The predicted molar refractivity (Wildman–Crippen MR) is 87.4 cm³/mol. The molecule has 0 heterocycles. The van der Waals surface area contributed by atoms with E-state index in [4.69, 9.17) is 4.74 Å². The van der Waals surface area contributed by atoms with Gasteiger partial charge in [-0.1, -0.05) is 30.3 Å². The van der Waals surface area contributed by atoms with Crippen LogP contribution in [0.5, 0.6) is 0 Å². The molecule has 0 atom stereocenters. The van der Waals surface area contributed by atoms with Gasteiger partial charge in [-0.05, 0) is 29.5 Å². The molecule has 2 aromatic carbocycles. The van der Waals surface area contributed by atoms with Gasteiger partial charge in [-0.3, -0.25) is 0 Å². The van der Waals surface area contributed by atoms with Crippen LogP contribution in [0.25, 0.3) is 0 Å². The van der Waals surface area contributed by atoms with Gasteiger partial charge in [-0.25, -0.2) is 0 Å². The Kier molecular flexibility index (Phi) is 5.68. The van der Waals surface area contributed by atoms with Crippen molar-refractivity contribution in [3.8, 4) is 6.07 Å². The number of rotatable bonds is 6. The highest BCUT2D eigenvalue weighted by atomic mass is 32.2. The van der Waals surface area contributed by atoms with Gasteiger partial charge in [-0.2, -0.15) is 5.26 Å². The van der Waals surface area contributed by atoms with Crippen LogP contribution in [0, 0.1) is 11.3 Å². The Bertz CT molecular complexity index is 649. The van der Waals surface area contributed by atoms with E-state index in [2.05, 4.69) is 23.5 Å². The first-order valence-electron chi connectivity index (χ1n) is 6.66. The molecule has 0 saturated heterocycles. The van der Waals surface area contributed by atoms with Crippen LogP contribution in [0.4, 0.5) is 5.69 Å². The van der Waals surface area contributed by atoms with Crippen LogP contribution in [0.15, 0.2) is 47.4 Å². The Morgan fingerprint density at radius 2 is 1.95 bits per heavy atom. The molecule has 21 heavy (non-hydrogen) atoms. The summed E-state index contributed by atoms with van der Waals surface area (Å²) in [5.74, 6) is 0. The summed E-state index contributed by atoms with van der Waals surface area (Å²) in [5, 5.41) is 12.7. The summed E-state index contributed by atoms with van der Waals surface area (Å²) in [6.07, 6.45) is 1.98. The highest BCUT2D eigenvalue weighted by Crippen LogP contribution is 2.26. The molecule has 0 fully saturated rings. The van der Waals surface area contributed by atoms with Crippen molar-refractivity contribution in [2.75, 3.05) is 18.7 Å². The Hall–Kier alpha value is -1.96. The van der Waals surface area contributed by atoms with E-state index >= 15 is 0 Å². The molecule has 0 unspecified atom stereocenters. The smallest absolute Gasteiger partial charge is 0.102 e. The lowest BCUT2D eigenvalue weighted by Crippen LogP contribution is -2.02. The summed E-state index contributed by atoms with van der Waals surface area (Å²) >= 11 is 1.59. The van der Waals surface area contributed by atoms with Gasteiger partial charge in [-0.15, -0.1) is 11.8 Å². The highest BCUT2D eigenvalue weighted by Gasteiger charge is 2.07. The summed E-state index contributed by atoms with van der Waals surface area (Å²) in [5.41, 5.74) is 3.90. The fourth-order valence-electron chi connectivity index (χ4n) is 2.16. The fraction of sp³-hybridized carbons (Fsp3) is 0.235. The van der Waals surface area contributed by atoms with Crippen molar-refractivity contribution < 1.29 is 4.74 Å². The quantitative estimate of drug-likeness (QED) is 0.818. The van der Waals surface area contributed by atoms with Crippen LogP contribution in [-0.2, 0) is 17.9 Å². The zero-order valence-corrected chi connectivity index (χ0v) is 13.0.